The molecule has 0 spiro atoms. The van der Waals surface area contributed by atoms with Crippen LogP contribution >= 0.6 is 0 Å². The van der Waals surface area contributed by atoms with E-state index in [4.69, 9.17) is 0 Å². The molecule has 0 N–H and O–H groups in total. The predicted molar refractivity (Wildman–Crippen MR) is 140 cm³/mol. The van der Waals surface area contributed by atoms with Crippen molar-refractivity contribution < 1.29 is 0 Å². The lowest BCUT2D eigenvalue weighted by atomic mass is 9.90. The average Bonchev–Trinajstić information content (AvgIpc) is 2.75. The molecule has 0 saturated carbocycles. The van der Waals surface area contributed by atoms with Crippen LogP contribution in [0.1, 0.15) is 175 Å². The molecule has 0 aromatic carbocycles. The highest BCUT2D eigenvalue weighted by atomic mass is 14.1. The SMILES string of the molecule is CCCCCCC/C=C/CCCCCCC(CCC)CCCCCCCCCCC. The molecule has 0 aliphatic rings. The van der Waals surface area contributed by atoms with Crippen LogP contribution in [0.3, 0.4) is 0 Å². The molecule has 0 heterocycles. The molecule has 0 aromatic rings. The fourth-order valence-electron chi connectivity index (χ4n) is 4.74. The van der Waals surface area contributed by atoms with E-state index in [1.165, 1.54) is 154 Å². The molecule has 0 nitrogen and oxygen atoms in total. The molecule has 0 amide bonds. The van der Waals surface area contributed by atoms with Gasteiger partial charge in [-0.3, -0.25) is 0 Å². The third-order valence-corrected chi connectivity index (χ3v) is 6.79. The summed E-state index contributed by atoms with van der Waals surface area (Å²) in [6.45, 7) is 6.98. The molecule has 180 valence electrons. The molecule has 0 bridgehead atoms. The smallest absolute Gasteiger partial charge is 0.0351 e. The second-order valence-corrected chi connectivity index (χ2v) is 9.94. The summed E-state index contributed by atoms with van der Waals surface area (Å²) in [6.07, 6.45) is 39.3. The second kappa shape index (κ2) is 26.8. The maximum Gasteiger partial charge on any atom is -0.0351 e. The first-order chi connectivity index (χ1) is 14.8. The Kier molecular flexibility index (Phi) is 26.5. The standard InChI is InChI=1S/C30H60/c1-4-7-9-11-13-15-16-17-18-20-22-24-26-29-30(27-6-3)28-25-23-21-19-14-12-10-8-5-2/h16-17,30H,4-15,18-29H2,1-3H3/b17-16+. The highest BCUT2D eigenvalue weighted by Crippen LogP contribution is 2.23. The van der Waals surface area contributed by atoms with E-state index in [1.54, 1.807) is 0 Å². The Labute approximate surface area is 193 Å². The summed E-state index contributed by atoms with van der Waals surface area (Å²) in [5, 5.41) is 0. The van der Waals surface area contributed by atoms with Crippen LogP contribution in [0.25, 0.3) is 0 Å². The van der Waals surface area contributed by atoms with Crippen molar-refractivity contribution in [2.45, 2.75) is 175 Å². The van der Waals surface area contributed by atoms with Crippen LogP contribution in [-0.2, 0) is 0 Å². The molecule has 1 atom stereocenters. The van der Waals surface area contributed by atoms with Gasteiger partial charge in [0.05, 0.1) is 0 Å². The van der Waals surface area contributed by atoms with E-state index in [0.29, 0.717) is 0 Å². The maximum absolute atomic E-state index is 2.45. The lowest BCUT2D eigenvalue weighted by Gasteiger charge is -2.16. The average molecular weight is 421 g/mol. The zero-order chi connectivity index (χ0) is 22.0. The summed E-state index contributed by atoms with van der Waals surface area (Å²) in [6, 6.07) is 0. The summed E-state index contributed by atoms with van der Waals surface area (Å²) < 4.78 is 0. The van der Waals surface area contributed by atoms with Crippen molar-refractivity contribution in [2.24, 2.45) is 5.92 Å². The molecule has 0 saturated heterocycles. The highest BCUT2D eigenvalue weighted by Gasteiger charge is 2.07. The Balaban J connectivity index is 3.46. The van der Waals surface area contributed by atoms with E-state index in [-0.39, 0.29) is 0 Å². The van der Waals surface area contributed by atoms with Crippen LogP contribution in [0.4, 0.5) is 0 Å². The molecule has 0 aliphatic heterocycles. The van der Waals surface area contributed by atoms with E-state index in [0.717, 1.165) is 5.92 Å². The van der Waals surface area contributed by atoms with Crippen molar-refractivity contribution in [3.63, 3.8) is 0 Å². The Morgan fingerprint density at radius 3 is 1.13 bits per heavy atom. The fraction of sp³-hybridized carbons (Fsp3) is 0.933. The van der Waals surface area contributed by atoms with Crippen molar-refractivity contribution in [3.05, 3.63) is 12.2 Å². The van der Waals surface area contributed by atoms with Crippen LogP contribution in [0.15, 0.2) is 12.2 Å². The number of allylic oxidation sites excluding steroid dienone is 2. The van der Waals surface area contributed by atoms with Crippen LogP contribution in [0.2, 0.25) is 0 Å². The quantitative estimate of drug-likeness (QED) is 0.102. The maximum atomic E-state index is 2.45. The first-order valence-corrected chi connectivity index (χ1v) is 14.5. The Morgan fingerprint density at radius 1 is 0.367 bits per heavy atom. The van der Waals surface area contributed by atoms with Crippen molar-refractivity contribution in [3.8, 4) is 0 Å². The minimum absolute atomic E-state index is 1.02. The Bertz CT molecular complexity index is 316. The van der Waals surface area contributed by atoms with Gasteiger partial charge in [0.15, 0.2) is 0 Å². The zero-order valence-electron chi connectivity index (χ0n) is 21.7. The van der Waals surface area contributed by atoms with Gasteiger partial charge < -0.3 is 0 Å². The second-order valence-electron chi connectivity index (χ2n) is 9.94. The third-order valence-electron chi connectivity index (χ3n) is 6.79. The van der Waals surface area contributed by atoms with Crippen molar-refractivity contribution in [1.82, 2.24) is 0 Å². The van der Waals surface area contributed by atoms with Crippen LogP contribution in [-0.4, -0.2) is 0 Å². The summed E-state index contributed by atoms with van der Waals surface area (Å²) in [4.78, 5) is 0. The molecule has 1 unspecified atom stereocenters. The summed E-state index contributed by atoms with van der Waals surface area (Å²) in [5.41, 5.74) is 0. The Morgan fingerprint density at radius 2 is 0.733 bits per heavy atom. The molecule has 0 aliphatic carbocycles. The van der Waals surface area contributed by atoms with Gasteiger partial charge in [-0.1, -0.05) is 161 Å². The van der Waals surface area contributed by atoms with E-state index in [9.17, 15) is 0 Å². The molecule has 0 heteroatoms. The monoisotopic (exact) mass is 420 g/mol. The van der Waals surface area contributed by atoms with Crippen molar-refractivity contribution in [2.75, 3.05) is 0 Å². The van der Waals surface area contributed by atoms with Gasteiger partial charge in [0.2, 0.25) is 0 Å². The first-order valence-electron chi connectivity index (χ1n) is 14.5. The van der Waals surface area contributed by atoms with E-state index < -0.39 is 0 Å². The van der Waals surface area contributed by atoms with Crippen molar-refractivity contribution >= 4 is 0 Å². The molecular weight excluding hydrogens is 360 g/mol. The molecule has 30 heavy (non-hydrogen) atoms. The minimum Gasteiger partial charge on any atom is -0.0885 e. The van der Waals surface area contributed by atoms with Crippen LogP contribution in [0, 0.1) is 5.92 Å². The van der Waals surface area contributed by atoms with Crippen LogP contribution in [0.5, 0.6) is 0 Å². The number of rotatable bonds is 25. The van der Waals surface area contributed by atoms with E-state index in [1.807, 2.05) is 0 Å². The lowest BCUT2D eigenvalue weighted by Crippen LogP contribution is -2.00. The molecule has 0 fully saturated rings. The summed E-state index contributed by atoms with van der Waals surface area (Å²) in [5.74, 6) is 1.02. The first kappa shape index (κ1) is 29.7. The molecule has 0 aromatic heterocycles. The number of hydrogen-bond acceptors (Lipinski definition) is 0. The van der Waals surface area contributed by atoms with Gasteiger partial charge in [0.25, 0.3) is 0 Å². The lowest BCUT2D eigenvalue weighted by molar-refractivity contribution is 0.377. The third kappa shape index (κ3) is 24.0. The largest absolute Gasteiger partial charge is 0.0885 e. The fourth-order valence-corrected chi connectivity index (χ4v) is 4.74. The van der Waals surface area contributed by atoms with Gasteiger partial charge in [-0.05, 0) is 31.6 Å². The molecular formula is C30H60. The number of hydrogen-bond donors (Lipinski definition) is 0. The topological polar surface area (TPSA) is 0 Å². The van der Waals surface area contributed by atoms with Gasteiger partial charge in [-0.15, -0.1) is 0 Å². The summed E-state index contributed by atoms with van der Waals surface area (Å²) >= 11 is 0. The van der Waals surface area contributed by atoms with Crippen molar-refractivity contribution in [1.29, 1.82) is 0 Å². The highest BCUT2D eigenvalue weighted by molar-refractivity contribution is 4.81. The van der Waals surface area contributed by atoms with Gasteiger partial charge in [0.1, 0.15) is 0 Å². The number of unbranched alkanes of at least 4 members (excludes halogenated alkanes) is 17. The summed E-state index contributed by atoms with van der Waals surface area (Å²) in [7, 11) is 0. The van der Waals surface area contributed by atoms with Gasteiger partial charge >= 0.3 is 0 Å². The molecule has 0 rings (SSSR count). The minimum atomic E-state index is 1.02. The van der Waals surface area contributed by atoms with Gasteiger partial charge in [-0.25, -0.2) is 0 Å². The van der Waals surface area contributed by atoms with Gasteiger partial charge in [-0.2, -0.15) is 0 Å². The van der Waals surface area contributed by atoms with Gasteiger partial charge in [0, 0.05) is 0 Å². The van der Waals surface area contributed by atoms with E-state index >= 15 is 0 Å². The zero-order valence-corrected chi connectivity index (χ0v) is 21.7. The normalized spacial score (nSPS) is 12.8. The van der Waals surface area contributed by atoms with E-state index in [2.05, 4.69) is 32.9 Å². The van der Waals surface area contributed by atoms with Crippen LogP contribution < -0.4 is 0 Å². The Hall–Kier alpha value is -0.260. The molecule has 0 radical (unpaired) electrons. The predicted octanol–water partition coefficient (Wildman–Crippen LogP) is 11.6.